The number of halogens is 1. The van der Waals surface area contributed by atoms with Crippen molar-refractivity contribution in [2.45, 2.75) is 38.3 Å². The highest BCUT2D eigenvalue weighted by atomic mass is 35.5. The lowest BCUT2D eigenvalue weighted by Crippen LogP contribution is -2.41. The summed E-state index contributed by atoms with van der Waals surface area (Å²) in [4.78, 5) is 39.7. The van der Waals surface area contributed by atoms with Crippen LogP contribution in [-0.4, -0.2) is 79.6 Å². The Morgan fingerprint density at radius 2 is 1.83 bits per heavy atom. The average molecular weight is 593 g/mol. The molecule has 2 saturated heterocycles. The fraction of sp³-hybridized carbons (Fsp3) is 0.400. The first kappa shape index (κ1) is 29.4. The van der Waals surface area contributed by atoms with Crippen LogP contribution < -0.4 is 29.6 Å². The number of para-hydroxylation sites is 2. The van der Waals surface area contributed by atoms with Crippen molar-refractivity contribution in [2.75, 3.05) is 60.4 Å². The summed E-state index contributed by atoms with van der Waals surface area (Å²) < 4.78 is 7.25. The van der Waals surface area contributed by atoms with E-state index in [2.05, 4.69) is 50.6 Å². The molecule has 222 valence electrons. The maximum atomic E-state index is 13.1. The Morgan fingerprint density at radius 3 is 2.55 bits per heavy atom. The molecule has 1 atom stereocenters. The van der Waals surface area contributed by atoms with Crippen LogP contribution in [0.3, 0.4) is 0 Å². The zero-order valence-electron chi connectivity index (χ0n) is 24.4. The molecule has 2 aliphatic heterocycles. The van der Waals surface area contributed by atoms with Crippen LogP contribution in [0.2, 0.25) is 0 Å². The van der Waals surface area contributed by atoms with Gasteiger partial charge in [0.25, 0.3) is 0 Å². The van der Waals surface area contributed by atoms with Gasteiger partial charge in [-0.05, 0) is 57.6 Å². The SMILES string of the molecule is COc1cc(N2CCC(N(C)C)CC2)ccc1N(Cl)c1cncnc1Nc1ccccc1N1CCC(NC(C)=O)C1=O. The van der Waals surface area contributed by atoms with E-state index in [1.807, 2.05) is 36.4 Å². The van der Waals surface area contributed by atoms with Gasteiger partial charge in [0.2, 0.25) is 11.8 Å². The zero-order valence-corrected chi connectivity index (χ0v) is 25.1. The summed E-state index contributed by atoms with van der Waals surface area (Å²) in [6, 6.07) is 13.5. The molecular formula is C30H37ClN8O3. The number of hydrogen-bond acceptors (Lipinski definition) is 9. The Morgan fingerprint density at radius 1 is 1.07 bits per heavy atom. The molecule has 12 heteroatoms. The summed E-state index contributed by atoms with van der Waals surface area (Å²) in [6.07, 6.45) is 5.80. The predicted octanol–water partition coefficient (Wildman–Crippen LogP) is 4.29. The number of hydrogen-bond donors (Lipinski definition) is 2. The van der Waals surface area contributed by atoms with Gasteiger partial charge in [-0.25, -0.2) is 14.4 Å². The van der Waals surface area contributed by atoms with E-state index in [0.717, 1.165) is 31.6 Å². The maximum Gasteiger partial charge on any atom is 0.249 e. The van der Waals surface area contributed by atoms with Gasteiger partial charge in [-0.3, -0.25) is 9.59 Å². The van der Waals surface area contributed by atoms with Crippen molar-refractivity contribution in [3.05, 3.63) is 55.0 Å². The van der Waals surface area contributed by atoms with Crippen molar-refractivity contribution >= 4 is 57.8 Å². The second-order valence-corrected chi connectivity index (χ2v) is 11.1. The van der Waals surface area contributed by atoms with Gasteiger partial charge < -0.3 is 30.1 Å². The Hall–Kier alpha value is -4.09. The fourth-order valence-electron chi connectivity index (χ4n) is 5.60. The van der Waals surface area contributed by atoms with Gasteiger partial charge in [0.15, 0.2) is 5.82 Å². The number of amides is 2. The highest BCUT2D eigenvalue weighted by Crippen LogP contribution is 2.42. The molecule has 0 spiro atoms. The van der Waals surface area contributed by atoms with Gasteiger partial charge in [0, 0.05) is 56.1 Å². The number of nitrogens with zero attached hydrogens (tertiary/aromatic N) is 6. The summed E-state index contributed by atoms with van der Waals surface area (Å²) >= 11 is 6.95. The van der Waals surface area contributed by atoms with Crippen LogP contribution in [0, 0.1) is 0 Å². The van der Waals surface area contributed by atoms with Crippen LogP contribution in [-0.2, 0) is 9.59 Å². The van der Waals surface area contributed by atoms with E-state index in [1.165, 1.54) is 17.7 Å². The number of carbonyl (C=O) groups is 2. The molecule has 11 nitrogen and oxygen atoms in total. The van der Waals surface area contributed by atoms with E-state index >= 15 is 0 Å². The molecule has 2 aromatic carbocycles. The fourth-order valence-corrected chi connectivity index (χ4v) is 5.86. The molecule has 2 N–H and O–H groups in total. The van der Waals surface area contributed by atoms with Crippen molar-refractivity contribution in [2.24, 2.45) is 0 Å². The highest BCUT2D eigenvalue weighted by Gasteiger charge is 2.34. The second kappa shape index (κ2) is 12.8. The minimum absolute atomic E-state index is 0.155. The molecule has 0 saturated carbocycles. The molecule has 42 heavy (non-hydrogen) atoms. The van der Waals surface area contributed by atoms with E-state index in [9.17, 15) is 9.59 Å². The summed E-state index contributed by atoms with van der Waals surface area (Å²) in [5.74, 6) is 0.692. The Labute approximate surface area is 251 Å². The lowest BCUT2D eigenvalue weighted by Gasteiger charge is -2.36. The first-order valence-corrected chi connectivity index (χ1v) is 14.4. The molecule has 2 aliphatic rings. The largest absolute Gasteiger partial charge is 0.494 e. The van der Waals surface area contributed by atoms with E-state index in [4.69, 9.17) is 16.5 Å². The van der Waals surface area contributed by atoms with Crippen molar-refractivity contribution < 1.29 is 14.3 Å². The lowest BCUT2D eigenvalue weighted by atomic mass is 10.0. The molecule has 3 heterocycles. The molecular weight excluding hydrogens is 556 g/mol. The van der Waals surface area contributed by atoms with Crippen LogP contribution in [0.25, 0.3) is 0 Å². The number of rotatable bonds is 9. The minimum Gasteiger partial charge on any atom is -0.494 e. The zero-order chi connectivity index (χ0) is 29.8. The van der Waals surface area contributed by atoms with Crippen molar-refractivity contribution in [1.82, 2.24) is 20.2 Å². The third-order valence-electron chi connectivity index (χ3n) is 7.87. The normalized spacial score (nSPS) is 17.5. The number of ether oxygens (including phenoxy) is 1. The van der Waals surface area contributed by atoms with Gasteiger partial charge in [0.05, 0.1) is 24.7 Å². The predicted molar refractivity (Wildman–Crippen MR) is 166 cm³/mol. The van der Waals surface area contributed by atoms with E-state index < -0.39 is 6.04 Å². The molecule has 0 bridgehead atoms. The van der Waals surface area contributed by atoms with Crippen molar-refractivity contribution in [3.63, 3.8) is 0 Å². The quantitative estimate of drug-likeness (QED) is 0.352. The molecule has 5 rings (SSSR count). The highest BCUT2D eigenvalue weighted by molar-refractivity contribution is 6.30. The number of aromatic nitrogens is 2. The van der Waals surface area contributed by atoms with E-state index in [0.29, 0.717) is 53.3 Å². The summed E-state index contributed by atoms with van der Waals surface area (Å²) in [6.45, 7) is 3.84. The van der Waals surface area contributed by atoms with Crippen molar-refractivity contribution in [3.8, 4) is 5.75 Å². The number of piperidine rings is 1. The topological polar surface area (TPSA) is 106 Å². The second-order valence-electron chi connectivity index (χ2n) is 10.7. The number of carbonyl (C=O) groups excluding carboxylic acids is 2. The van der Waals surface area contributed by atoms with Gasteiger partial charge >= 0.3 is 0 Å². The maximum absolute atomic E-state index is 13.1. The smallest absolute Gasteiger partial charge is 0.249 e. The standard InChI is InChI=1S/C30H37ClN8O3/c1-20(40)34-24-13-16-38(30(24)41)25-8-6-5-7-23(25)35-29-27(18-32-19-33-29)39(31)26-10-9-22(17-28(26)42-4)37-14-11-21(12-15-37)36(2)3/h5-10,17-19,21,24H,11-16H2,1-4H3,(H,34,40)(H,32,33,35). The van der Waals surface area contributed by atoms with Crippen LogP contribution in [0.1, 0.15) is 26.2 Å². The minimum atomic E-state index is -0.543. The number of anilines is 6. The Balaban J connectivity index is 1.38. The number of methoxy groups -OCH3 is 1. The monoisotopic (exact) mass is 592 g/mol. The number of benzene rings is 2. The van der Waals surface area contributed by atoms with Crippen molar-refractivity contribution in [1.29, 1.82) is 0 Å². The Bertz CT molecular complexity index is 1430. The summed E-state index contributed by atoms with van der Waals surface area (Å²) in [5, 5.41) is 6.08. The lowest BCUT2D eigenvalue weighted by molar-refractivity contribution is -0.125. The molecule has 3 aromatic rings. The summed E-state index contributed by atoms with van der Waals surface area (Å²) in [5.41, 5.74) is 3.59. The molecule has 1 unspecified atom stereocenters. The number of nitrogens with one attached hydrogen (secondary N) is 2. The molecule has 1 aromatic heterocycles. The van der Waals surface area contributed by atoms with E-state index in [-0.39, 0.29) is 11.8 Å². The van der Waals surface area contributed by atoms with Gasteiger partial charge in [0.1, 0.15) is 29.5 Å². The van der Waals surface area contributed by atoms with Gasteiger partial charge in [-0.15, -0.1) is 0 Å². The first-order valence-electron chi connectivity index (χ1n) is 14.1. The third kappa shape index (κ3) is 6.22. The van der Waals surface area contributed by atoms with Crippen LogP contribution in [0.4, 0.5) is 34.3 Å². The van der Waals surface area contributed by atoms with Crippen LogP contribution in [0.5, 0.6) is 5.75 Å². The average Bonchev–Trinajstić information content (AvgIpc) is 3.35. The van der Waals surface area contributed by atoms with Crippen LogP contribution in [0.15, 0.2) is 55.0 Å². The summed E-state index contributed by atoms with van der Waals surface area (Å²) in [7, 11) is 5.90. The first-order chi connectivity index (χ1) is 20.3. The van der Waals surface area contributed by atoms with Gasteiger partial charge in [-0.1, -0.05) is 12.1 Å². The Kier molecular flexibility index (Phi) is 8.98. The van der Waals surface area contributed by atoms with Crippen LogP contribution >= 0.6 is 11.8 Å². The van der Waals surface area contributed by atoms with E-state index in [1.54, 1.807) is 18.2 Å². The van der Waals surface area contributed by atoms with Gasteiger partial charge in [-0.2, -0.15) is 0 Å². The molecule has 0 radical (unpaired) electrons. The molecule has 0 aliphatic carbocycles. The molecule has 2 fully saturated rings. The third-order valence-corrected chi connectivity index (χ3v) is 8.23. The molecule has 2 amide bonds.